The molecule has 0 atom stereocenters. The van der Waals surface area contributed by atoms with E-state index in [2.05, 4.69) is 0 Å². The zero-order valence-corrected chi connectivity index (χ0v) is 16.7. The van der Waals surface area contributed by atoms with Gasteiger partial charge in [0, 0.05) is 0 Å². The second kappa shape index (κ2) is 9.06. The minimum Gasteiger partial charge on any atom is -0.404 e. The molecule has 5 heteroatoms. The van der Waals surface area contributed by atoms with E-state index in [1.54, 1.807) is 6.07 Å². The Morgan fingerprint density at radius 1 is 0.586 bits per heavy atom. The Labute approximate surface area is 170 Å². The van der Waals surface area contributed by atoms with Crippen molar-refractivity contribution < 1.29 is 18.1 Å². The normalized spacial score (nSPS) is 11.4. The first-order chi connectivity index (χ1) is 14.2. The second-order valence-corrected chi connectivity index (χ2v) is 8.16. The third-order valence-corrected chi connectivity index (χ3v) is 5.73. The number of phosphoric ester groups is 1. The maximum Gasteiger partial charge on any atom is 0.530 e. The Bertz CT molecular complexity index is 1070. The Morgan fingerprint density at radius 2 is 1.10 bits per heavy atom. The molecule has 0 aromatic heterocycles. The van der Waals surface area contributed by atoms with Gasteiger partial charge in [0.05, 0.1) is 13.2 Å². The second-order valence-electron chi connectivity index (χ2n) is 6.57. The van der Waals surface area contributed by atoms with Crippen molar-refractivity contribution in [1.29, 1.82) is 0 Å². The first-order valence-corrected chi connectivity index (χ1v) is 10.8. The van der Waals surface area contributed by atoms with E-state index in [4.69, 9.17) is 13.6 Å². The molecule has 0 fully saturated rings. The number of benzene rings is 4. The molecule has 0 amide bonds. The van der Waals surface area contributed by atoms with Gasteiger partial charge < -0.3 is 4.52 Å². The fourth-order valence-corrected chi connectivity index (χ4v) is 4.06. The monoisotopic (exact) mass is 404 g/mol. The molecule has 0 saturated carbocycles. The van der Waals surface area contributed by atoms with E-state index in [-0.39, 0.29) is 13.2 Å². The van der Waals surface area contributed by atoms with Crippen LogP contribution < -0.4 is 4.52 Å². The summed E-state index contributed by atoms with van der Waals surface area (Å²) in [5.74, 6) is 0.438. The van der Waals surface area contributed by atoms with Gasteiger partial charge in [0.2, 0.25) is 0 Å². The van der Waals surface area contributed by atoms with Crippen LogP contribution in [0, 0.1) is 0 Å². The van der Waals surface area contributed by atoms with Crippen molar-refractivity contribution in [1.82, 2.24) is 0 Å². The molecule has 0 heterocycles. The lowest BCUT2D eigenvalue weighted by Gasteiger charge is -2.19. The highest BCUT2D eigenvalue weighted by Gasteiger charge is 2.29. The summed E-state index contributed by atoms with van der Waals surface area (Å²) in [4.78, 5) is 0. The molecule has 0 spiro atoms. The zero-order valence-electron chi connectivity index (χ0n) is 15.8. The Kier molecular flexibility index (Phi) is 6.06. The van der Waals surface area contributed by atoms with Crippen LogP contribution in [0.4, 0.5) is 0 Å². The van der Waals surface area contributed by atoms with Crippen LogP contribution in [0.15, 0.2) is 103 Å². The number of hydrogen-bond donors (Lipinski definition) is 0. The van der Waals surface area contributed by atoms with E-state index in [1.807, 2.05) is 97.1 Å². The molecule has 29 heavy (non-hydrogen) atoms. The molecule has 0 unspecified atom stereocenters. The van der Waals surface area contributed by atoms with Crippen molar-refractivity contribution in [2.45, 2.75) is 13.2 Å². The standard InChI is InChI=1S/C24H21O4P/c25-29(26-18-20-9-3-1-4-10-20,27-19-21-11-5-2-6-12-21)28-24-16-15-22-13-7-8-14-23(22)17-24/h1-17H,18-19H2. The van der Waals surface area contributed by atoms with Crippen LogP contribution in [-0.4, -0.2) is 0 Å². The molecular weight excluding hydrogens is 383 g/mol. The van der Waals surface area contributed by atoms with E-state index in [0.717, 1.165) is 21.9 Å². The van der Waals surface area contributed by atoms with Gasteiger partial charge in [0.25, 0.3) is 0 Å². The molecule has 4 nitrogen and oxygen atoms in total. The minimum atomic E-state index is -3.85. The number of fused-ring (bicyclic) bond motifs is 1. The molecule has 4 aromatic carbocycles. The fourth-order valence-electron chi connectivity index (χ4n) is 2.90. The largest absolute Gasteiger partial charge is 0.530 e. The highest BCUT2D eigenvalue weighted by Crippen LogP contribution is 2.51. The maximum absolute atomic E-state index is 13.4. The SMILES string of the molecule is O=P(OCc1ccccc1)(OCc1ccccc1)Oc1ccc2ccccc2c1. The summed E-state index contributed by atoms with van der Waals surface area (Å²) >= 11 is 0. The van der Waals surface area contributed by atoms with Crippen LogP contribution >= 0.6 is 7.82 Å². The van der Waals surface area contributed by atoms with Gasteiger partial charge in [-0.1, -0.05) is 91.0 Å². The van der Waals surface area contributed by atoms with Crippen molar-refractivity contribution in [3.63, 3.8) is 0 Å². The summed E-state index contributed by atoms with van der Waals surface area (Å²) in [6.07, 6.45) is 0. The van der Waals surface area contributed by atoms with E-state index >= 15 is 0 Å². The maximum atomic E-state index is 13.4. The highest BCUT2D eigenvalue weighted by molar-refractivity contribution is 7.48. The van der Waals surface area contributed by atoms with E-state index in [9.17, 15) is 4.57 Å². The predicted molar refractivity (Wildman–Crippen MR) is 115 cm³/mol. The summed E-state index contributed by atoms with van der Waals surface area (Å²) in [7, 11) is -3.85. The number of phosphoric acid groups is 1. The van der Waals surface area contributed by atoms with E-state index < -0.39 is 7.82 Å². The highest BCUT2D eigenvalue weighted by atomic mass is 31.2. The van der Waals surface area contributed by atoms with Crippen molar-refractivity contribution >= 4 is 18.6 Å². The van der Waals surface area contributed by atoms with Crippen LogP contribution in [0.1, 0.15) is 11.1 Å². The summed E-state index contributed by atoms with van der Waals surface area (Å²) in [6, 6.07) is 32.5. The summed E-state index contributed by atoms with van der Waals surface area (Å²) < 4.78 is 30.5. The smallest absolute Gasteiger partial charge is 0.404 e. The van der Waals surface area contributed by atoms with Crippen LogP contribution in [0.25, 0.3) is 10.8 Å². The van der Waals surface area contributed by atoms with Crippen molar-refractivity contribution in [3.05, 3.63) is 114 Å². The van der Waals surface area contributed by atoms with Crippen molar-refractivity contribution in [3.8, 4) is 5.75 Å². The third-order valence-electron chi connectivity index (χ3n) is 4.40. The van der Waals surface area contributed by atoms with Crippen molar-refractivity contribution in [2.24, 2.45) is 0 Å². The van der Waals surface area contributed by atoms with Gasteiger partial charge in [-0.15, -0.1) is 0 Å². The van der Waals surface area contributed by atoms with E-state index in [1.165, 1.54) is 0 Å². The van der Waals surface area contributed by atoms with E-state index in [0.29, 0.717) is 5.75 Å². The van der Waals surface area contributed by atoms with Crippen molar-refractivity contribution in [2.75, 3.05) is 0 Å². The van der Waals surface area contributed by atoms with Gasteiger partial charge in [0.15, 0.2) is 0 Å². The topological polar surface area (TPSA) is 44.8 Å². The summed E-state index contributed by atoms with van der Waals surface area (Å²) in [6.45, 7) is 0.251. The molecule has 0 aliphatic heterocycles. The summed E-state index contributed by atoms with van der Waals surface area (Å²) in [5, 5.41) is 2.06. The molecular formula is C24H21O4P. The van der Waals surface area contributed by atoms with Crippen LogP contribution in [-0.2, 0) is 26.8 Å². The summed E-state index contributed by atoms with van der Waals surface area (Å²) in [5.41, 5.74) is 1.77. The van der Waals surface area contributed by atoms with Gasteiger partial charge in [-0.2, -0.15) is 0 Å². The molecule has 4 aromatic rings. The molecule has 0 aliphatic carbocycles. The van der Waals surface area contributed by atoms with Gasteiger partial charge >= 0.3 is 7.82 Å². The average Bonchev–Trinajstić information content (AvgIpc) is 2.78. The minimum absolute atomic E-state index is 0.125. The lowest BCUT2D eigenvalue weighted by molar-refractivity contribution is 0.143. The molecule has 0 radical (unpaired) electrons. The van der Waals surface area contributed by atoms with Gasteiger partial charge in [0.1, 0.15) is 5.75 Å². The third kappa shape index (κ3) is 5.33. The van der Waals surface area contributed by atoms with Gasteiger partial charge in [-0.05, 0) is 34.0 Å². The molecule has 4 rings (SSSR count). The quantitative estimate of drug-likeness (QED) is 0.304. The average molecular weight is 404 g/mol. The van der Waals surface area contributed by atoms with Crippen LogP contribution in [0.5, 0.6) is 5.75 Å². The molecule has 0 N–H and O–H groups in total. The first-order valence-electron chi connectivity index (χ1n) is 9.36. The predicted octanol–water partition coefficient (Wildman–Crippen LogP) is 6.76. The van der Waals surface area contributed by atoms with Crippen LogP contribution in [0.3, 0.4) is 0 Å². The fraction of sp³-hybridized carbons (Fsp3) is 0.0833. The molecule has 0 bridgehead atoms. The first kappa shape index (κ1) is 19.4. The van der Waals surface area contributed by atoms with Gasteiger partial charge in [-0.3, -0.25) is 9.05 Å². The lowest BCUT2D eigenvalue weighted by Crippen LogP contribution is -2.03. The molecule has 146 valence electrons. The lowest BCUT2D eigenvalue weighted by atomic mass is 10.1. The Morgan fingerprint density at radius 3 is 1.69 bits per heavy atom. The number of rotatable bonds is 8. The molecule has 0 saturated heterocycles. The Hall–Kier alpha value is -2.91. The molecule has 0 aliphatic rings. The number of hydrogen-bond acceptors (Lipinski definition) is 4. The van der Waals surface area contributed by atoms with Gasteiger partial charge in [-0.25, -0.2) is 4.57 Å². The van der Waals surface area contributed by atoms with Crippen LogP contribution in [0.2, 0.25) is 0 Å². The Balaban J connectivity index is 1.54. The zero-order chi connectivity index (χ0) is 19.9.